The molecule has 3 heterocycles. The van der Waals surface area contributed by atoms with Crippen molar-refractivity contribution in [3.8, 4) is 17.3 Å². The van der Waals surface area contributed by atoms with E-state index in [4.69, 9.17) is 14.0 Å². The van der Waals surface area contributed by atoms with Gasteiger partial charge in [0.05, 0.1) is 42.8 Å². The molecule has 2 aromatic heterocycles. The number of fused-ring (bicyclic) bond motifs is 1. The molecule has 0 saturated carbocycles. The Balaban J connectivity index is 1.86. The summed E-state index contributed by atoms with van der Waals surface area (Å²) >= 11 is 0. The van der Waals surface area contributed by atoms with Gasteiger partial charge in [0, 0.05) is 18.7 Å². The number of hydrogen-bond donors (Lipinski definition) is 0. The van der Waals surface area contributed by atoms with Gasteiger partial charge in [-0.1, -0.05) is 5.16 Å². The zero-order chi connectivity index (χ0) is 19.8. The Labute approximate surface area is 160 Å². The molecule has 0 N–H and O–H groups in total. The van der Waals surface area contributed by atoms with E-state index >= 15 is 4.39 Å². The molecule has 8 nitrogen and oxygen atoms in total. The molecule has 0 radical (unpaired) electrons. The number of carbonyl (C=O) groups is 1. The lowest BCUT2D eigenvalue weighted by atomic mass is 10.0. The number of carbonyl (C=O) groups excluding carboxylic acids is 1. The third-order valence-electron chi connectivity index (χ3n) is 4.64. The fourth-order valence-corrected chi connectivity index (χ4v) is 3.56. The van der Waals surface area contributed by atoms with Crippen molar-refractivity contribution >= 4 is 22.9 Å². The smallest absolute Gasteiger partial charge is 0.232 e. The van der Waals surface area contributed by atoms with E-state index in [1.54, 1.807) is 6.07 Å². The molecular weight excluding hydrogens is 367 g/mol. The molecule has 0 bridgehead atoms. The minimum absolute atomic E-state index is 0.0352. The summed E-state index contributed by atoms with van der Waals surface area (Å²) in [4.78, 5) is 21.9. The molecule has 1 fully saturated rings. The van der Waals surface area contributed by atoms with E-state index in [9.17, 15) is 4.79 Å². The molecule has 2 atom stereocenters. The van der Waals surface area contributed by atoms with Gasteiger partial charge < -0.3 is 18.9 Å². The molecule has 2 unspecified atom stereocenters. The molecule has 1 aliphatic heterocycles. The third-order valence-corrected chi connectivity index (χ3v) is 4.64. The number of aromatic nitrogens is 3. The standard InChI is InChI=1S/C19H19FN4O4/c1-10-7-24(8-11(2)27-10)18-12(9-25)4-13-17(23-28-19(13)16(18)20)14-5-21-6-15(22-14)26-3/h4-6,9-11H,7-8H2,1-3H3. The van der Waals surface area contributed by atoms with Gasteiger partial charge in [0.2, 0.25) is 11.5 Å². The number of anilines is 1. The first kappa shape index (κ1) is 18.3. The van der Waals surface area contributed by atoms with Crippen LogP contribution in [0.5, 0.6) is 5.88 Å². The minimum Gasteiger partial charge on any atom is -0.480 e. The average Bonchev–Trinajstić information content (AvgIpc) is 3.11. The number of aldehydes is 1. The molecular formula is C19H19FN4O4. The Morgan fingerprint density at radius 2 is 2.04 bits per heavy atom. The van der Waals surface area contributed by atoms with Crippen molar-refractivity contribution in [3.63, 3.8) is 0 Å². The largest absolute Gasteiger partial charge is 0.480 e. The first-order chi connectivity index (χ1) is 13.5. The van der Waals surface area contributed by atoms with Crippen molar-refractivity contribution in [2.75, 3.05) is 25.1 Å². The fourth-order valence-electron chi connectivity index (χ4n) is 3.56. The molecule has 146 valence electrons. The van der Waals surface area contributed by atoms with Crippen molar-refractivity contribution in [2.45, 2.75) is 26.1 Å². The molecule has 0 spiro atoms. The van der Waals surface area contributed by atoms with Gasteiger partial charge in [0.25, 0.3) is 0 Å². The van der Waals surface area contributed by atoms with Crippen LogP contribution in [0.4, 0.5) is 10.1 Å². The van der Waals surface area contributed by atoms with Crippen LogP contribution in [-0.2, 0) is 4.74 Å². The van der Waals surface area contributed by atoms with Crippen molar-refractivity contribution < 1.29 is 23.2 Å². The number of rotatable bonds is 4. The van der Waals surface area contributed by atoms with E-state index in [2.05, 4.69) is 15.1 Å². The van der Waals surface area contributed by atoms with Crippen LogP contribution in [0.2, 0.25) is 0 Å². The van der Waals surface area contributed by atoms with Crippen molar-refractivity contribution in [3.05, 3.63) is 29.8 Å². The van der Waals surface area contributed by atoms with E-state index < -0.39 is 5.82 Å². The predicted molar refractivity (Wildman–Crippen MR) is 99.2 cm³/mol. The zero-order valence-electron chi connectivity index (χ0n) is 15.7. The van der Waals surface area contributed by atoms with E-state index in [-0.39, 0.29) is 34.9 Å². The molecule has 28 heavy (non-hydrogen) atoms. The van der Waals surface area contributed by atoms with Gasteiger partial charge >= 0.3 is 0 Å². The monoisotopic (exact) mass is 386 g/mol. The lowest BCUT2D eigenvalue weighted by Crippen LogP contribution is -2.46. The van der Waals surface area contributed by atoms with E-state index in [1.165, 1.54) is 19.5 Å². The first-order valence-electron chi connectivity index (χ1n) is 8.85. The highest BCUT2D eigenvalue weighted by atomic mass is 19.1. The summed E-state index contributed by atoms with van der Waals surface area (Å²) in [5, 5.41) is 4.31. The second-order valence-corrected chi connectivity index (χ2v) is 6.76. The van der Waals surface area contributed by atoms with Gasteiger partial charge in [0.15, 0.2) is 12.1 Å². The number of morpholine rings is 1. The van der Waals surface area contributed by atoms with E-state index in [0.29, 0.717) is 36.1 Å². The highest BCUT2D eigenvalue weighted by molar-refractivity contribution is 5.99. The second kappa shape index (κ2) is 7.16. The lowest BCUT2D eigenvalue weighted by molar-refractivity contribution is -0.00543. The van der Waals surface area contributed by atoms with Gasteiger partial charge in [-0.15, -0.1) is 0 Å². The Morgan fingerprint density at radius 1 is 1.29 bits per heavy atom. The summed E-state index contributed by atoms with van der Waals surface area (Å²) in [6.07, 6.45) is 3.38. The SMILES string of the molecule is COc1cncc(-c2noc3c(F)c(N4CC(C)OC(C)C4)c(C=O)cc23)n1. The number of benzene rings is 1. The number of hydrogen-bond acceptors (Lipinski definition) is 8. The number of nitrogens with zero attached hydrogens (tertiary/aromatic N) is 4. The molecule has 9 heteroatoms. The summed E-state index contributed by atoms with van der Waals surface area (Å²) < 4.78 is 31.5. The van der Waals surface area contributed by atoms with Gasteiger partial charge in [-0.05, 0) is 19.9 Å². The Kier molecular flexibility index (Phi) is 4.68. The topological polar surface area (TPSA) is 90.6 Å². The van der Waals surface area contributed by atoms with Gasteiger partial charge in [-0.3, -0.25) is 9.78 Å². The second-order valence-electron chi connectivity index (χ2n) is 6.76. The highest BCUT2D eigenvalue weighted by Gasteiger charge is 2.29. The molecule has 1 saturated heterocycles. The molecule has 1 aliphatic rings. The zero-order valence-corrected chi connectivity index (χ0v) is 15.7. The minimum atomic E-state index is -0.629. The van der Waals surface area contributed by atoms with Crippen molar-refractivity contribution in [2.24, 2.45) is 0 Å². The maximum absolute atomic E-state index is 15.4. The maximum Gasteiger partial charge on any atom is 0.232 e. The van der Waals surface area contributed by atoms with Gasteiger partial charge in [-0.25, -0.2) is 9.37 Å². The normalized spacial score (nSPS) is 19.8. The fraction of sp³-hybridized carbons (Fsp3) is 0.368. The predicted octanol–water partition coefficient (Wildman–Crippen LogP) is 2.86. The summed E-state index contributed by atoms with van der Waals surface area (Å²) in [5.41, 5.74) is 1.02. The molecule has 3 aromatic rings. The van der Waals surface area contributed by atoms with Crippen LogP contribution in [-0.4, -0.2) is 53.8 Å². The number of ether oxygens (including phenoxy) is 2. The van der Waals surface area contributed by atoms with Crippen LogP contribution < -0.4 is 9.64 Å². The Hall–Kier alpha value is -3.07. The molecule has 1 aromatic carbocycles. The van der Waals surface area contributed by atoms with Crippen LogP contribution in [0.15, 0.2) is 23.0 Å². The molecule has 4 rings (SSSR count). The average molecular weight is 386 g/mol. The van der Waals surface area contributed by atoms with E-state index in [1.807, 2.05) is 18.7 Å². The Bertz CT molecular complexity index is 1030. The number of halogens is 1. The highest BCUT2D eigenvalue weighted by Crippen LogP contribution is 2.36. The van der Waals surface area contributed by atoms with Gasteiger partial charge in [0.1, 0.15) is 11.4 Å². The van der Waals surface area contributed by atoms with Crippen LogP contribution >= 0.6 is 0 Å². The summed E-state index contributed by atoms with van der Waals surface area (Å²) in [7, 11) is 1.47. The van der Waals surface area contributed by atoms with Crippen LogP contribution in [0.25, 0.3) is 22.4 Å². The van der Waals surface area contributed by atoms with Crippen molar-refractivity contribution in [1.82, 2.24) is 15.1 Å². The molecule has 0 amide bonds. The summed E-state index contributed by atoms with van der Waals surface area (Å²) in [6, 6.07) is 1.57. The van der Waals surface area contributed by atoms with Crippen LogP contribution in [0, 0.1) is 5.82 Å². The summed E-state index contributed by atoms with van der Waals surface area (Å²) in [6.45, 7) is 4.76. The summed E-state index contributed by atoms with van der Waals surface area (Å²) in [5.74, 6) is -0.340. The molecule has 0 aliphatic carbocycles. The van der Waals surface area contributed by atoms with Gasteiger partial charge in [-0.2, -0.15) is 0 Å². The third kappa shape index (κ3) is 3.07. The first-order valence-corrected chi connectivity index (χ1v) is 8.85. The quantitative estimate of drug-likeness (QED) is 0.632. The van der Waals surface area contributed by atoms with E-state index in [0.717, 1.165) is 0 Å². The lowest BCUT2D eigenvalue weighted by Gasteiger charge is -2.37. The number of methoxy groups -OCH3 is 1. The van der Waals surface area contributed by atoms with Crippen LogP contribution in [0.3, 0.4) is 0 Å². The van der Waals surface area contributed by atoms with Crippen molar-refractivity contribution in [1.29, 1.82) is 0 Å². The maximum atomic E-state index is 15.4. The Morgan fingerprint density at radius 3 is 2.71 bits per heavy atom. The van der Waals surface area contributed by atoms with Crippen LogP contribution in [0.1, 0.15) is 24.2 Å².